The molecule has 1 atom stereocenters. The number of halogens is 2. The van der Waals surface area contributed by atoms with E-state index in [4.69, 9.17) is 0 Å². The summed E-state index contributed by atoms with van der Waals surface area (Å²) >= 11 is 3.37. The van der Waals surface area contributed by atoms with E-state index >= 15 is 0 Å². The highest BCUT2D eigenvalue weighted by Crippen LogP contribution is 2.28. The molecule has 0 amide bonds. The predicted molar refractivity (Wildman–Crippen MR) is 73.8 cm³/mol. The molecule has 2 aromatic carbocycles. The molecule has 0 aliphatic heterocycles. The highest BCUT2D eigenvalue weighted by atomic mass is 79.9. The Balaban J connectivity index is 2.30. The molecule has 2 aromatic rings. The molecule has 0 radical (unpaired) electrons. The molecule has 0 spiro atoms. The maximum atomic E-state index is 13.6. The van der Waals surface area contributed by atoms with E-state index in [0.29, 0.717) is 5.56 Å². The van der Waals surface area contributed by atoms with Crippen LogP contribution in [0.25, 0.3) is 0 Å². The van der Waals surface area contributed by atoms with Crippen LogP contribution in [0.1, 0.15) is 18.1 Å². The Kier molecular flexibility index (Phi) is 3.83. The molecule has 3 heteroatoms. The molecule has 1 nitrogen and oxygen atoms in total. The van der Waals surface area contributed by atoms with Gasteiger partial charge in [0.25, 0.3) is 0 Å². The maximum Gasteiger partial charge on any atom is 0.126 e. The molecule has 0 aliphatic rings. The van der Waals surface area contributed by atoms with Crippen LogP contribution in [0.2, 0.25) is 0 Å². The Labute approximate surface area is 114 Å². The normalized spacial score (nSPS) is 14.2. The van der Waals surface area contributed by atoms with Gasteiger partial charge in [-0.2, -0.15) is 0 Å². The Hall–Kier alpha value is -1.19. The number of rotatable bonds is 3. The highest BCUT2D eigenvalue weighted by molar-refractivity contribution is 9.10. The zero-order chi connectivity index (χ0) is 13.2. The summed E-state index contributed by atoms with van der Waals surface area (Å²) in [6.45, 7) is 1.70. The van der Waals surface area contributed by atoms with Crippen molar-refractivity contribution in [3.8, 4) is 0 Å². The van der Waals surface area contributed by atoms with Crippen molar-refractivity contribution in [3.63, 3.8) is 0 Å². The zero-order valence-electron chi connectivity index (χ0n) is 10.0. The molecule has 0 bridgehead atoms. The van der Waals surface area contributed by atoms with Gasteiger partial charge in [0.05, 0.1) is 5.60 Å². The third-order valence-electron chi connectivity index (χ3n) is 2.94. The topological polar surface area (TPSA) is 20.2 Å². The Morgan fingerprint density at radius 3 is 2.56 bits per heavy atom. The fraction of sp³-hybridized carbons (Fsp3) is 0.200. The van der Waals surface area contributed by atoms with Crippen LogP contribution in [0.4, 0.5) is 4.39 Å². The van der Waals surface area contributed by atoms with E-state index in [-0.39, 0.29) is 12.2 Å². The van der Waals surface area contributed by atoms with Crippen LogP contribution in [0.15, 0.2) is 53.0 Å². The first kappa shape index (κ1) is 13.2. The monoisotopic (exact) mass is 308 g/mol. The first-order valence-corrected chi connectivity index (χ1v) is 6.50. The summed E-state index contributed by atoms with van der Waals surface area (Å²) in [5.41, 5.74) is 0.189. The average molecular weight is 309 g/mol. The molecular weight excluding hydrogens is 295 g/mol. The zero-order valence-corrected chi connectivity index (χ0v) is 11.6. The summed E-state index contributed by atoms with van der Waals surface area (Å²) in [6, 6.07) is 14.0. The smallest absolute Gasteiger partial charge is 0.126 e. The Morgan fingerprint density at radius 1 is 1.17 bits per heavy atom. The van der Waals surface area contributed by atoms with Crippen molar-refractivity contribution in [2.24, 2.45) is 0 Å². The van der Waals surface area contributed by atoms with Gasteiger partial charge in [-0.1, -0.05) is 46.3 Å². The summed E-state index contributed by atoms with van der Waals surface area (Å²) < 4.78 is 14.5. The number of hydrogen-bond acceptors (Lipinski definition) is 1. The van der Waals surface area contributed by atoms with Crippen LogP contribution in [0.3, 0.4) is 0 Å². The van der Waals surface area contributed by atoms with Gasteiger partial charge >= 0.3 is 0 Å². The van der Waals surface area contributed by atoms with Crippen molar-refractivity contribution in [1.29, 1.82) is 0 Å². The van der Waals surface area contributed by atoms with Gasteiger partial charge in [-0.15, -0.1) is 0 Å². The minimum atomic E-state index is -1.09. The second-order valence-corrected chi connectivity index (χ2v) is 5.47. The molecule has 0 fully saturated rings. The van der Waals surface area contributed by atoms with Crippen LogP contribution in [-0.4, -0.2) is 5.11 Å². The van der Waals surface area contributed by atoms with E-state index in [1.165, 1.54) is 6.07 Å². The molecule has 1 N–H and O–H groups in total. The van der Waals surface area contributed by atoms with Crippen molar-refractivity contribution < 1.29 is 9.50 Å². The van der Waals surface area contributed by atoms with E-state index in [9.17, 15) is 9.50 Å². The summed E-state index contributed by atoms with van der Waals surface area (Å²) in [5.74, 6) is -0.284. The van der Waals surface area contributed by atoms with E-state index in [2.05, 4.69) is 15.9 Å². The SMILES string of the molecule is CC(O)(Cc1ccccc1F)c1cccc(Br)c1. The van der Waals surface area contributed by atoms with Crippen molar-refractivity contribution in [2.75, 3.05) is 0 Å². The van der Waals surface area contributed by atoms with E-state index < -0.39 is 5.60 Å². The van der Waals surface area contributed by atoms with Gasteiger partial charge in [0.2, 0.25) is 0 Å². The van der Waals surface area contributed by atoms with E-state index in [1.54, 1.807) is 25.1 Å². The van der Waals surface area contributed by atoms with Crippen LogP contribution in [0.5, 0.6) is 0 Å². The van der Waals surface area contributed by atoms with Gasteiger partial charge in [-0.05, 0) is 36.2 Å². The average Bonchev–Trinajstić information content (AvgIpc) is 2.32. The third-order valence-corrected chi connectivity index (χ3v) is 3.43. The first-order valence-electron chi connectivity index (χ1n) is 5.71. The summed E-state index contributed by atoms with van der Waals surface area (Å²) in [4.78, 5) is 0. The molecule has 0 aromatic heterocycles. The predicted octanol–water partition coefficient (Wildman–Crippen LogP) is 4.04. The van der Waals surface area contributed by atoms with Gasteiger partial charge < -0.3 is 5.11 Å². The maximum absolute atomic E-state index is 13.6. The van der Waals surface area contributed by atoms with Gasteiger partial charge in [-0.3, -0.25) is 0 Å². The van der Waals surface area contributed by atoms with Crippen molar-refractivity contribution in [3.05, 3.63) is 69.9 Å². The highest BCUT2D eigenvalue weighted by Gasteiger charge is 2.24. The summed E-state index contributed by atoms with van der Waals surface area (Å²) in [5, 5.41) is 10.5. The lowest BCUT2D eigenvalue weighted by Crippen LogP contribution is -2.24. The fourth-order valence-electron chi connectivity index (χ4n) is 1.94. The molecule has 0 saturated carbocycles. The van der Waals surface area contributed by atoms with Crippen LogP contribution in [-0.2, 0) is 12.0 Å². The molecule has 2 rings (SSSR count). The van der Waals surface area contributed by atoms with Crippen molar-refractivity contribution in [2.45, 2.75) is 18.9 Å². The summed E-state index contributed by atoms with van der Waals surface area (Å²) in [7, 11) is 0. The van der Waals surface area contributed by atoms with Crippen molar-refractivity contribution in [1.82, 2.24) is 0 Å². The molecule has 94 valence electrons. The number of benzene rings is 2. The quantitative estimate of drug-likeness (QED) is 0.907. The van der Waals surface area contributed by atoms with Gasteiger partial charge in [0.15, 0.2) is 0 Å². The lowest BCUT2D eigenvalue weighted by Gasteiger charge is -2.24. The largest absolute Gasteiger partial charge is 0.385 e. The molecule has 0 saturated heterocycles. The molecular formula is C15H14BrFO. The molecule has 1 unspecified atom stereocenters. The van der Waals surface area contributed by atoms with E-state index in [0.717, 1.165) is 10.0 Å². The number of hydrogen-bond donors (Lipinski definition) is 1. The second kappa shape index (κ2) is 5.21. The fourth-order valence-corrected chi connectivity index (χ4v) is 2.34. The van der Waals surface area contributed by atoms with E-state index in [1.807, 2.05) is 24.3 Å². The Morgan fingerprint density at radius 2 is 1.89 bits per heavy atom. The summed E-state index contributed by atoms with van der Waals surface area (Å²) in [6.07, 6.45) is 0.246. The van der Waals surface area contributed by atoms with Gasteiger partial charge in [-0.25, -0.2) is 4.39 Å². The molecule has 18 heavy (non-hydrogen) atoms. The van der Waals surface area contributed by atoms with Gasteiger partial charge in [0, 0.05) is 10.9 Å². The molecule has 0 heterocycles. The van der Waals surface area contributed by atoms with Crippen LogP contribution >= 0.6 is 15.9 Å². The third kappa shape index (κ3) is 2.98. The second-order valence-electron chi connectivity index (χ2n) is 4.55. The lowest BCUT2D eigenvalue weighted by molar-refractivity contribution is 0.0566. The lowest BCUT2D eigenvalue weighted by atomic mass is 9.89. The molecule has 0 aliphatic carbocycles. The van der Waals surface area contributed by atoms with Crippen LogP contribution < -0.4 is 0 Å². The number of aliphatic hydroxyl groups is 1. The van der Waals surface area contributed by atoms with Gasteiger partial charge in [0.1, 0.15) is 5.82 Å². The minimum absolute atomic E-state index is 0.246. The minimum Gasteiger partial charge on any atom is -0.385 e. The standard InChI is InChI=1S/C15H14BrFO/c1-15(18,12-6-4-7-13(16)9-12)10-11-5-2-3-8-14(11)17/h2-9,18H,10H2,1H3. The first-order chi connectivity index (χ1) is 8.49. The van der Waals surface area contributed by atoms with Crippen molar-refractivity contribution >= 4 is 15.9 Å². The Bertz CT molecular complexity index is 552. The van der Waals surface area contributed by atoms with Crippen LogP contribution in [0, 0.1) is 5.82 Å².